The fourth-order valence-electron chi connectivity index (χ4n) is 1.44. The first kappa shape index (κ1) is 14.0. The number of benzene rings is 1. The van der Waals surface area contributed by atoms with Crippen LogP contribution in [0.1, 0.15) is 32.3 Å². The van der Waals surface area contributed by atoms with E-state index in [9.17, 15) is 4.39 Å². The molecule has 0 radical (unpaired) electrons. The molecular formula is C14H15FN2O. The van der Waals surface area contributed by atoms with Gasteiger partial charge in [-0.25, -0.2) is 4.39 Å². The highest BCUT2D eigenvalue weighted by molar-refractivity contribution is 5.36. The van der Waals surface area contributed by atoms with E-state index in [-0.39, 0.29) is 11.0 Å². The average Bonchev–Trinajstić information content (AvgIpc) is 2.35. The van der Waals surface area contributed by atoms with E-state index < -0.39 is 5.82 Å². The molecule has 0 spiro atoms. The number of hydrogen-bond donors (Lipinski definition) is 0. The first-order chi connectivity index (χ1) is 8.48. The summed E-state index contributed by atoms with van der Waals surface area (Å²) in [5.41, 5.74) is -0.354. The molecule has 0 fully saturated rings. The van der Waals surface area contributed by atoms with Crippen molar-refractivity contribution in [3.05, 3.63) is 29.6 Å². The molecule has 0 N–H and O–H groups in total. The average molecular weight is 246 g/mol. The predicted molar refractivity (Wildman–Crippen MR) is 65.2 cm³/mol. The molecular weight excluding hydrogens is 231 g/mol. The Bertz CT molecular complexity index is 497. The van der Waals surface area contributed by atoms with Crippen LogP contribution in [0.25, 0.3) is 0 Å². The Balaban J connectivity index is 2.44. The summed E-state index contributed by atoms with van der Waals surface area (Å²) in [5.74, 6) is -0.173. The summed E-state index contributed by atoms with van der Waals surface area (Å²) in [7, 11) is 0. The molecule has 1 rings (SSSR count). The maximum absolute atomic E-state index is 13.3. The molecule has 1 aromatic rings. The normalized spacial score (nSPS) is 10.5. The van der Waals surface area contributed by atoms with E-state index >= 15 is 0 Å². The van der Waals surface area contributed by atoms with Crippen LogP contribution in [0.15, 0.2) is 18.2 Å². The van der Waals surface area contributed by atoms with Crippen LogP contribution in [0.5, 0.6) is 5.75 Å². The lowest BCUT2D eigenvalue weighted by Crippen LogP contribution is -2.10. The lowest BCUT2D eigenvalue weighted by molar-refractivity contribution is 0.283. The van der Waals surface area contributed by atoms with Gasteiger partial charge >= 0.3 is 0 Å². The Morgan fingerprint density at radius 1 is 1.33 bits per heavy atom. The molecule has 0 aliphatic rings. The number of halogens is 1. The van der Waals surface area contributed by atoms with Crippen molar-refractivity contribution in [1.82, 2.24) is 0 Å². The fraction of sp³-hybridized carbons (Fsp3) is 0.429. The predicted octanol–water partition coefficient (Wildman–Crippen LogP) is 3.41. The smallest absolute Gasteiger partial charge is 0.144 e. The third-order valence-corrected chi connectivity index (χ3v) is 2.58. The van der Waals surface area contributed by atoms with Crippen molar-refractivity contribution in [1.29, 1.82) is 10.5 Å². The lowest BCUT2D eigenvalue weighted by atomic mass is 9.90. The van der Waals surface area contributed by atoms with Gasteiger partial charge in [-0.15, -0.1) is 0 Å². The van der Waals surface area contributed by atoms with Gasteiger partial charge in [-0.2, -0.15) is 10.5 Å². The van der Waals surface area contributed by atoms with Crippen LogP contribution in [0.4, 0.5) is 4.39 Å². The maximum Gasteiger partial charge on any atom is 0.144 e. The highest BCUT2D eigenvalue weighted by Crippen LogP contribution is 2.21. The monoisotopic (exact) mass is 246 g/mol. The first-order valence-corrected chi connectivity index (χ1v) is 5.72. The summed E-state index contributed by atoms with van der Waals surface area (Å²) in [6.45, 7) is 4.17. The second-order valence-corrected chi connectivity index (χ2v) is 4.70. The first-order valence-electron chi connectivity index (χ1n) is 5.72. The van der Waals surface area contributed by atoms with Crippen molar-refractivity contribution >= 4 is 0 Å². The Hall–Kier alpha value is -2.07. The molecule has 0 amide bonds. The van der Waals surface area contributed by atoms with E-state index in [0.717, 1.165) is 12.8 Å². The Kier molecular flexibility index (Phi) is 4.68. The topological polar surface area (TPSA) is 56.8 Å². The van der Waals surface area contributed by atoms with Gasteiger partial charge in [0, 0.05) is 6.07 Å². The summed E-state index contributed by atoms with van der Waals surface area (Å²) in [6, 6.07) is 8.12. The van der Waals surface area contributed by atoms with Gasteiger partial charge in [0.05, 0.1) is 23.7 Å². The van der Waals surface area contributed by atoms with Crippen molar-refractivity contribution in [2.24, 2.45) is 5.41 Å². The highest BCUT2D eigenvalue weighted by atomic mass is 19.1. The summed E-state index contributed by atoms with van der Waals surface area (Å²) in [5, 5.41) is 17.4. The maximum atomic E-state index is 13.3. The van der Waals surface area contributed by atoms with Gasteiger partial charge in [0.15, 0.2) is 0 Å². The molecule has 0 saturated heterocycles. The number of nitriles is 2. The van der Waals surface area contributed by atoms with E-state index in [2.05, 4.69) is 6.07 Å². The second kappa shape index (κ2) is 6.02. The summed E-state index contributed by atoms with van der Waals surface area (Å²) < 4.78 is 18.6. The van der Waals surface area contributed by atoms with Crippen molar-refractivity contribution in [2.45, 2.75) is 26.7 Å². The molecule has 0 atom stereocenters. The highest BCUT2D eigenvalue weighted by Gasteiger charge is 2.15. The van der Waals surface area contributed by atoms with Gasteiger partial charge < -0.3 is 4.74 Å². The van der Waals surface area contributed by atoms with Gasteiger partial charge in [0.25, 0.3) is 0 Å². The van der Waals surface area contributed by atoms with Crippen molar-refractivity contribution in [2.75, 3.05) is 6.61 Å². The van der Waals surface area contributed by atoms with Gasteiger partial charge in [0.1, 0.15) is 17.6 Å². The van der Waals surface area contributed by atoms with E-state index in [1.54, 1.807) is 12.1 Å². The van der Waals surface area contributed by atoms with Crippen molar-refractivity contribution < 1.29 is 9.13 Å². The van der Waals surface area contributed by atoms with Crippen LogP contribution in [-0.2, 0) is 0 Å². The third kappa shape index (κ3) is 4.07. The number of ether oxygens (including phenoxy) is 1. The number of nitrogens with zero attached hydrogens (tertiary/aromatic N) is 2. The lowest BCUT2D eigenvalue weighted by Gasteiger charge is -2.14. The van der Waals surface area contributed by atoms with Crippen LogP contribution in [0, 0.1) is 33.9 Å². The minimum Gasteiger partial charge on any atom is -0.493 e. The zero-order valence-corrected chi connectivity index (χ0v) is 10.5. The molecule has 1 aromatic carbocycles. The summed E-state index contributed by atoms with van der Waals surface area (Å²) in [6.07, 6.45) is 1.45. The zero-order valence-electron chi connectivity index (χ0n) is 10.5. The minimum atomic E-state index is -0.577. The molecule has 3 nitrogen and oxygen atoms in total. The minimum absolute atomic E-state index is 0.00737. The fourth-order valence-corrected chi connectivity index (χ4v) is 1.44. The molecule has 0 heterocycles. The zero-order chi connectivity index (χ0) is 13.6. The van der Waals surface area contributed by atoms with Gasteiger partial charge in [-0.1, -0.05) is 0 Å². The van der Waals surface area contributed by atoms with Crippen LogP contribution < -0.4 is 4.74 Å². The van der Waals surface area contributed by atoms with Crippen LogP contribution in [0.2, 0.25) is 0 Å². The second-order valence-electron chi connectivity index (χ2n) is 4.70. The Labute approximate surface area is 106 Å². The molecule has 0 bridgehead atoms. The van der Waals surface area contributed by atoms with Gasteiger partial charge in [-0.3, -0.25) is 0 Å². The number of rotatable bonds is 5. The Morgan fingerprint density at radius 3 is 2.61 bits per heavy atom. The molecule has 0 aliphatic heterocycles. The largest absolute Gasteiger partial charge is 0.493 e. The van der Waals surface area contributed by atoms with Crippen LogP contribution in [0.3, 0.4) is 0 Å². The molecule has 18 heavy (non-hydrogen) atoms. The van der Waals surface area contributed by atoms with Gasteiger partial charge in [-0.05, 0) is 38.8 Å². The van der Waals surface area contributed by atoms with Crippen molar-refractivity contribution in [3.63, 3.8) is 0 Å². The van der Waals surface area contributed by atoms with E-state index in [0.29, 0.717) is 12.4 Å². The molecule has 0 saturated carbocycles. The van der Waals surface area contributed by atoms with E-state index in [4.69, 9.17) is 15.3 Å². The number of hydrogen-bond acceptors (Lipinski definition) is 3. The molecule has 0 unspecified atom stereocenters. The molecule has 4 heteroatoms. The SMILES string of the molecule is CC(C)(C#N)CCCOc1ccc(C#N)c(F)c1. The summed E-state index contributed by atoms with van der Waals surface area (Å²) in [4.78, 5) is 0. The quantitative estimate of drug-likeness (QED) is 0.748. The molecule has 94 valence electrons. The van der Waals surface area contributed by atoms with E-state index in [1.165, 1.54) is 12.1 Å². The molecule has 0 aromatic heterocycles. The standard InChI is InChI=1S/C14H15FN2O/c1-14(2,10-17)6-3-7-18-12-5-4-11(9-16)13(15)8-12/h4-5,8H,3,6-7H2,1-2H3. The molecule has 0 aliphatic carbocycles. The van der Waals surface area contributed by atoms with Crippen LogP contribution >= 0.6 is 0 Å². The third-order valence-electron chi connectivity index (χ3n) is 2.58. The van der Waals surface area contributed by atoms with E-state index in [1.807, 2.05) is 13.8 Å². The van der Waals surface area contributed by atoms with Gasteiger partial charge in [0.2, 0.25) is 0 Å². The summed E-state index contributed by atoms with van der Waals surface area (Å²) >= 11 is 0. The Morgan fingerprint density at radius 2 is 2.06 bits per heavy atom. The van der Waals surface area contributed by atoms with Crippen LogP contribution in [-0.4, -0.2) is 6.61 Å². The van der Waals surface area contributed by atoms with Crippen molar-refractivity contribution in [3.8, 4) is 17.9 Å².